The van der Waals surface area contributed by atoms with Gasteiger partial charge in [0.25, 0.3) is 0 Å². The van der Waals surface area contributed by atoms with E-state index in [0.29, 0.717) is 29.3 Å². The third-order valence-corrected chi connectivity index (χ3v) is 11.6. The molecule has 3 aromatic heterocycles. The minimum absolute atomic E-state index is 0. The summed E-state index contributed by atoms with van der Waals surface area (Å²) in [6.45, 7) is 24.8. The van der Waals surface area contributed by atoms with Crippen LogP contribution in [0.2, 0.25) is 0 Å². The summed E-state index contributed by atoms with van der Waals surface area (Å²) in [5.41, 5.74) is 11.3. The minimum Gasteiger partial charge on any atom is -0.509 e. The van der Waals surface area contributed by atoms with Gasteiger partial charge in [0.05, 0.1) is 11.4 Å². The van der Waals surface area contributed by atoms with Gasteiger partial charge in [0.1, 0.15) is 5.82 Å². The molecule has 0 fully saturated rings. The maximum Gasteiger partial charge on any atom is 2.00 e. The van der Waals surface area contributed by atoms with Gasteiger partial charge < -0.3 is 9.30 Å². The predicted molar refractivity (Wildman–Crippen MR) is 229 cm³/mol. The molecule has 0 radical (unpaired) electrons. The molecule has 0 aliphatic carbocycles. The molecule has 0 aliphatic rings. The molecular weight excluding hydrogens is 868 g/mol. The van der Waals surface area contributed by atoms with Gasteiger partial charge in [0.15, 0.2) is 0 Å². The van der Waals surface area contributed by atoms with Crippen molar-refractivity contribution in [1.29, 1.82) is 0 Å². The number of hydrogen-bond acceptors (Lipinski definition) is 3. The summed E-state index contributed by atoms with van der Waals surface area (Å²) >= 11 is 0. The topological polar surface area (TPSA) is 44.9 Å². The predicted octanol–water partition coefficient (Wildman–Crippen LogP) is 13.8. The van der Waals surface area contributed by atoms with Crippen molar-refractivity contribution in [3.8, 4) is 34.1 Å². The van der Waals surface area contributed by atoms with E-state index in [0.717, 1.165) is 52.0 Å². The molecule has 6 heteroatoms. The Labute approximate surface area is 348 Å². The van der Waals surface area contributed by atoms with E-state index in [2.05, 4.69) is 170 Å². The second-order valence-electron chi connectivity index (χ2n) is 16.9. The first-order valence-electron chi connectivity index (χ1n) is 20.2. The zero-order chi connectivity index (χ0) is 39.2. The normalized spacial score (nSPS) is 13.6. The largest absolute Gasteiger partial charge is 2.00 e. The maximum absolute atomic E-state index is 6.72. The Bertz CT molecular complexity index is 2470. The van der Waals surface area contributed by atoms with Crippen LogP contribution in [0.1, 0.15) is 128 Å². The summed E-state index contributed by atoms with van der Waals surface area (Å²) in [6.07, 6.45) is 3.92. The molecule has 0 saturated carbocycles. The number of aryl methyl sites for hydroxylation is 1. The fourth-order valence-corrected chi connectivity index (χ4v) is 7.58. The van der Waals surface area contributed by atoms with Crippen molar-refractivity contribution in [1.82, 2.24) is 19.3 Å². The Kier molecular flexibility index (Phi) is 12.2. The van der Waals surface area contributed by atoms with E-state index in [9.17, 15) is 0 Å². The second kappa shape index (κ2) is 16.6. The monoisotopic (exact) mass is 923 g/mol. The van der Waals surface area contributed by atoms with Gasteiger partial charge in [-0.1, -0.05) is 124 Å². The van der Waals surface area contributed by atoms with E-state index in [1.807, 2.05) is 18.3 Å². The van der Waals surface area contributed by atoms with Gasteiger partial charge in [-0.05, 0) is 82.0 Å². The summed E-state index contributed by atoms with van der Waals surface area (Å²) in [7, 11) is 0. The van der Waals surface area contributed by atoms with Crippen LogP contribution in [-0.4, -0.2) is 19.3 Å². The number of nitrogens with zero attached hydrogens (tertiary/aromatic N) is 4. The van der Waals surface area contributed by atoms with Crippen molar-refractivity contribution in [2.75, 3.05) is 0 Å². The van der Waals surface area contributed by atoms with E-state index in [4.69, 9.17) is 14.8 Å². The van der Waals surface area contributed by atoms with Crippen LogP contribution in [0.15, 0.2) is 91.1 Å². The molecule has 3 heterocycles. The molecule has 7 rings (SSSR count). The number of fused-ring (bicyclic) bond motifs is 3. The molecule has 0 saturated heterocycles. The number of aromatic nitrogens is 4. The van der Waals surface area contributed by atoms with Crippen molar-refractivity contribution in [3.63, 3.8) is 0 Å². The third kappa shape index (κ3) is 7.90. The molecule has 3 atom stereocenters. The molecule has 0 N–H and O–H groups in total. The fourth-order valence-electron chi connectivity index (χ4n) is 7.58. The minimum atomic E-state index is -0.0203. The van der Waals surface area contributed by atoms with E-state index in [1.165, 1.54) is 33.3 Å². The van der Waals surface area contributed by atoms with Crippen LogP contribution in [-0.2, 0) is 26.5 Å². The Morgan fingerprint density at radius 3 is 2.18 bits per heavy atom. The average Bonchev–Trinajstić information content (AvgIpc) is 3.73. The standard InChI is InChI=1S/C50H56N4O.Pt/c1-12-33(6)48-47(36-17-15-14-16-18-36)49(34(7)13-2)54(52-48)39-25-32(5)26-41(29-39)55-40-20-21-42-43-27-37(35(8)31(3)4)19-22-44(43)53(45(42)30-40)46-28-38(23-24-51-46)50(9,10)11;/h14-28,31,33-35H,12-13H2,1-11H3;/q-2;+2. The number of benzene rings is 4. The van der Waals surface area contributed by atoms with E-state index in [1.54, 1.807) is 0 Å². The Hall–Kier alpha value is -4.47. The number of pyridine rings is 1. The van der Waals surface area contributed by atoms with Crippen LogP contribution >= 0.6 is 0 Å². The van der Waals surface area contributed by atoms with Crippen molar-refractivity contribution in [2.45, 2.75) is 112 Å². The van der Waals surface area contributed by atoms with Gasteiger partial charge >= 0.3 is 21.1 Å². The average molecular weight is 924 g/mol. The summed E-state index contributed by atoms with van der Waals surface area (Å²) in [5.74, 6) is 3.68. The summed E-state index contributed by atoms with van der Waals surface area (Å²) in [4.78, 5) is 4.92. The van der Waals surface area contributed by atoms with E-state index >= 15 is 0 Å². The van der Waals surface area contributed by atoms with Crippen molar-refractivity contribution < 1.29 is 25.8 Å². The van der Waals surface area contributed by atoms with E-state index < -0.39 is 0 Å². The first kappa shape index (κ1) is 41.2. The van der Waals surface area contributed by atoms with Crippen LogP contribution in [0.3, 0.4) is 0 Å². The Morgan fingerprint density at radius 1 is 0.768 bits per heavy atom. The molecule has 4 aromatic carbocycles. The van der Waals surface area contributed by atoms with Gasteiger partial charge in [-0.15, -0.1) is 35.7 Å². The van der Waals surface area contributed by atoms with Gasteiger partial charge in [0.2, 0.25) is 0 Å². The molecule has 7 aromatic rings. The molecule has 56 heavy (non-hydrogen) atoms. The van der Waals surface area contributed by atoms with Crippen LogP contribution in [0, 0.1) is 25.0 Å². The zero-order valence-corrected chi connectivity index (χ0v) is 37.2. The quantitative estimate of drug-likeness (QED) is 0.121. The molecule has 0 amide bonds. The Morgan fingerprint density at radius 2 is 1.50 bits per heavy atom. The molecule has 5 nitrogen and oxygen atoms in total. The van der Waals surface area contributed by atoms with Crippen molar-refractivity contribution in [2.24, 2.45) is 5.92 Å². The van der Waals surface area contributed by atoms with Crippen molar-refractivity contribution in [3.05, 3.63) is 131 Å². The fraction of sp³-hybridized carbons (Fsp3) is 0.360. The summed E-state index contributed by atoms with van der Waals surface area (Å²) < 4.78 is 11.1. The van der Waals surface area contributed by atoms with Crippen molar-refractivity contribution >= 4 is 21.8 Å². The SMILES string of the molecule is CCC(C)c1nn(-c2[c-]c(Oc3[c-]c4c(cc3)c3cc(C(C)C(C)C)ccc3n4-c3cc(C(C)(C)C)ccn3)cc(C)c2)c(C(C)CC)c1-c1ccccc1.[Pt+2]. The molecule has 0 spiro atoms. The summed E-state index contributed by atoms with van der Waals surface area (Å²) in [5, 5.41) is 7.68. The van der Waals surface area contributed by atoms with Gasteiger partial charge in [0, 0.05) is 34.7 Å². The number of rotatable bonds is 11. The first-order valence-corrected chi connectivity index (χ1v) is 20.2. The van der Waals surface area contributed by atoms with Crippen LogP contribution in [0.25, 0.3) is 44.4 Å². The molecule has 292 valence electrons. The molecule has 0 bridgehead atoms. The van der Waals surface area contributed by atoms with Gasteiger partial charge in [-0.2, -0.15) is 16.7 Å². The van der Waals surface area contributed by atoms with Gasteiger partial charge in [-0.3, -0.25) is 4.68 Å². The summed E-state index contributed by atoms with van der Waals surface area (Å²) in [6, 6.07) is 37.7. The molecular formula is C50H56N4OPt. The number of hydrogen-bond donors (Lipinski definition) is 0. The van der Waals surface area contributed by atoms with Crippen LogP contribution in [0.4, 0.5) is 0 Å². The zero-order valence-electron chi connectivity index (χ0n) is 34.9. The molecule has 0 aliphatic heterocycles. The Balaban J connectivity index is 0.00000532. The maximum atomic E-state index is 6.72. The third-order valence-electron chi connectivity index (χ3n) is 11.6. The smallest absolute Gasteiger partial charge is 0.509 e. The first-order chi connectivity index (χ1) is 26.3. The van der Waals surface area contributed by atoms with E-state index in [-0.39, 0.29) is 32.4 Å². The second-order valence-corrected chi connectivity index (χ2v) is 16.9. The number of ether oxygens (including phenoxy) is 1. The van der Waals surface area contributed by atoms with Gasteiger partial charge in [-0.25, -0.2) is 4.98 Å². The van der Waals surface area contributed by atoms with Crippen LogP contribution < -0.4 is 4.74 Å². The van der Waals surface area contributed by atoms with Crippen LogP contribution in [0.5, 0.6) is 11.5 Å². The molecule has 3 unspecified atom stereocenters.